The van der Waals surface area contributed by atoms with E-state index < -0.39 is 5.97 Å². The van der Waals surface area contributed by atoms with Crippen LogP contribution >= 0.6 is 11.6 Å². The van der Waals surface area contributed by atoms with Crippen molar-refractivity contribution in [3.05, 3.63) is 28.3 Å². The van der Waals surface area contributed by atoms with Crippen LogP contribution in [0.15, 0.2) is 12.1 Å². The number of nitrogens with one attached hydrogen (secondary N) is 1. The Morgan fingerprint density at radius 3 is 2.59 bits per heavy atom. The minimum absolute atomic E-state index is 0.173. The molecule has 0 saturated heterocycles. The number of hydrogen-bond donors (Lipinski definition) is 1. The summed E-state index contributed by atoms with van der Waals surface area (Å²) in [6.45, 7) is 7.57. The van der Waals surface area contributed by atoms with Gasteiger partial charge in [0.05, 0.1) is 0 Å². The molecule has 1 N–H and O–H groups in total. The molecular formula is C21H30ClNO4. The molecule has 27 heavy (non-hydrogen) atoms. The molecule has 0 heterocycles. The molecule has 0 aromatic heterocycles. The van der Waals surface area contributed by atoms with Crippen LogP contribution in [0.2, 0.25) is 5.02 Å². The number of hydrogen-bond acceptors (Lipinski definition) is 4. The maximum Gasteiger partial charge on any atom is 0.344 e. The first-order valence-corrected chi connectivity index (χ1v) is 10.0. The van der Waals surface area contributed by atoms with E-state index in [-0.39, 0.29) is 31.1 Å². The number of benzene rings is 1. The normalized spacial score (nSPS) is 19.6. The summed E-state index contributed by atoms with van der Waals surface area (Å²) >= 11 is 6.18. The number of halogens is 1. The maximum absolute atomic E-state index is 12.0. The summed E-state index contributed by atoms with van der Waals surface area (Å²) in [5.74, 6) is 0.461. The lowest BCUT2D eigenvalue weighted by Crippen LogP contribution is -2.43. The van der Waals surface area contributed by atoms with Crippen LogP contribution in [0, 0.1) is 12.8 Å². The van der Waals surface area contributed by atoms with Crippen LogP contribution < -0.4 is 10.1 Å². The Morgan fingerprint density at radius 1 is 1.22 bits per heavy atom. The summed E-state index contributed by atoms with van der Waals surface area (Å²) in [4.78, 5) is 24.0. The van der Waals surface area contributed by atoms with Crippen molar-refractivity contribution in [2.24, 2.45) is 5.92 Å². The molecule has 5 nitrogen and oxygen atoms in total. The van der Waals surface area contributed by atoms with Gasteiger partial charge in [-0.1, -0.05) is 45.2 Å². The summed E-state index contributed by atoms with van der Waals surface area (Å²) in [5.41, 5.74) is 1.81. The lowest BCUT2D eigenvalue weighted by molar-refractivity contribution is -0.150. The predicted octanol–water partition coefficient (Wildman–Crippen LogP) is 4.39. The highest BCUT2D eigenvalue weighted by Crippen LogP contribution is 2.32. The number of esters is 1. The summed E-state index contributed by atoms with van der Waals surface area (Å²) in [6, 6.07) is 3.86. The second kappa shape index (κ2) is 9.98. The first kappa shape index (κ1) is 21.5. The zero-order valence-corrected chi connectivity index (χ0v) is 17.4. The lowest BCUT2D eigenvalue weighted by Gasteiger charge is -2.29. The van der Waals surface area contributed by atoms with E-state index in [0.29, 0.717) is 16.7 Å². The molecule has 1 aliphatic carbocycles. The molecule has 150 valence electrons. The Balaban J connectivity index is 1.81. The van der Waals surface area contributed by atoms with Crippen molar-refractivity contribution >= 4 is 23.5 Å². The molecule has 1 aromatic carbocycles. The molecule has 0 unspecified atom stereocenters. The van der Waals surface area contributed by atoms with E-state index in [1.807, 2.05) is 32.9 Å². The van der Waals surface area contributed by atoms with Crippen molar-refractivity contribution in [1.29, 1.82) is 0 Å². The average Bonchev–Trinajstić information content (AvgIpc) is 2.62. The van der Waals surface area contributed by atoms with Crippen LogP contribution in [0.4, 0.5) is 0 Å². The summed E-state index contributed by atoms with van der Waals surface area (Å²) in [6.07, 6.45) is 4.44. The molecule has 1 saturated carbocycles. The molecule has 2 rings (SSSR count). The maximum atomic E-state index is 12.0. The van der Waals surface area contributed by atoms with E-state index in [9.17, 15) is 9.59 Å². The molecule has 1 aliphatic rings. The molecule has 6 heteroatoms. The minimum Gasteiger partial charge on any atom is -0.482 e. The standard InChI is InChI=1S/C21H30ClNO4/c1-13(2)16-10-17(22)15(4)9-19(16)26-12-21(25)27-11-20(24)23-18-8-6-5-7-14(18)3/h9-10,13-14,18H,5-8,11-12H2,1-4H3,(H,23,24)/t14-,18-/m0/s1. The van der Waals surface area contributed by atoms with Crippen molar-refractivity contribution in [2.75, 3.05) is 13.2 Å². The highest BCUT2D eigenvalue weighted by molar-refractivity contribution is 6.31. The predicted molar refractivity (Wildman–Crippen MR) is 106 cm³/mol. The van der Waals surface area contributed by atoms with Gasteiger partial charge in [0.15, 0.2) is 13.2 Å². The molecular weight excluding hydrogens is 366 g/mol. The van der Waals surface area contributed by atoms with Crippen LogP contribution in [0.5, 0.6) is 5.75 Å². The number of carbonyl (C=O) groups excluding carboxylic acids is 2. The van der Waals surface area contributed by atoms with E-state index in [1.54, 1.807) is 0 Å². The van der Waals surface area contributed by atoms with Crippen molar-refractivity contribution in [3.8, 4) is 5.75 Å². The fourth-order valence-corrected chi connectivity index (χ4v) is 3.52. The van der Waals surface area contributed by atoms with Gasteiger partial charge in [-0.05, 0) is 54.9 Å². The SMILES string of the molecule is Cc1cc(OCC(=O)OCC(=O)N[C@H]2CCCC[C@@H]2C)c(C(C)C)cc1Cl. The fraction of sp³-hybridized carbons (Fsp3) is 0.619. The second-order valence-corrected chi connectivity index (χ2v) is 8.09. The lowest BCUT2D eigenvalue weighted by atomic mass is 9.86. The first-order chi connectivity index (χ1) is 12.8. The van der Waals surface area contributed by atoms with Crippen LogP contribution in [0.3, 0.4) is 0 Å². The fourth-order valence-electron chi connectivity index (χ4n) is 3.35. The summed E-state index contributed by atoms with van der Waals surface area (Å²) in [7, 11) is 0. The largest absolute Gasteiger partial charge is 0.482 e. The van der Waals surface area contributed by atoms with Gasteiger partial charge in [0.25, 0.3) is 5.91 Å². The third-order valence-corrected chi connectivity index (χ3v) is 5.49. The van der Waals surface area contributed by atoms with Crippen LogP contribution in [0.25, 0.3) is 0 Å². The van der Waals surface area contributed by atoms with Gasteiger partial charge in [0, 0.05) is 11.1 Å². The van der Waals surface area contributed by atoms with E-state index in [1.165, 1.54) is 6.42 Å². The monoisotopic (exact) mass is 395 g/mol. The van der Waals surface area contributed by atoms with Gasteiger partial charge >= 0.3 is 5.97 Å². The Bertz CT molecular complexity index is 674. The minimum atomic E-state index is -0.566. The Morgan fingerprint density at radius 2 is 1.93 bits per heavy atom. The van der Waals surface area contributed by atoms with E-state index in [2.05, 4.69) is 12.2 Å². The topological polar surface area (TPSA) is 64.6 Å². The van der Waals surface area contributed by atoms with Crippen molar-refractivity contribution in [3.63, 3.8) is 0 Å². The Kier molecular flexibility index (Phi) is 7.96. The Hall–Kier alpha value is -1.75. The highest BCUT2D eigenvalue weighted by atomic mass is 35.5. The molecule has 2 atom stereocenters. The number of ether oxygens (including phenoxy) is 2. The number of rotatable bonds is 7. The molecule has 0 radical (unpaired) electrons. The molecule has 1 aromatic rings. The van der Waals surface area contributed by atoms with Gasteiger partial charge in [-0.15, -0.1) is 0 Å². The number of carbonyl (C=O) groups is 2. The van der Waals surface area contributed by atoms with E-state index >= 15 is 0 Å². The van der Waals surface area contributed by atoms with Crippen LogP contribution in [0.1, 0.15) is 63.5 Å². The van der Waals surface area contributed by atoms with Gasteiger partial charge < -0.3 is 14.8 Å². The third kappa shape index (κ3) is 6.42. The van der Waals surface area contributed by atoms with Gasteiger partial charge in [0.2, 0.25) is 0 Å². The molecule has 1 amide bonds. The van der Waals surface area contributed by atoms with Crippen molar-refractivity contribution in [2.45, 2.75) is 65.3 Å². The van der Waals surface area contributed by atoms with Crippen molar-refractivity contribution < 1.29 is 19.1 Å². The van der Waals surface area contributed by atoms with E-state index in [4.69, 9.17) is 21.1 Å². The van der Waals surface area contributed by atoms with Crippen molar-refractivity contribution in [1.82, 2.24) is 5.32 Å². The molecule has 0 aliphatic heterocycles. The van der Waals surface area contributed by atoms with Crippen LogP contribution in [-0.4, -0.2) is 31.1 Å². The van der Waals surface area contributed by atoms with Gasteiger partial charge in [-0.25, -0.2) is 4.79 Å². The van der Waals surface area contributed by atoms with Gasteiger partial charge in [0.1, 0.15) is 5.75 Å². The quantitative estimate of drug-likeness (QED) is 0.695. The second-order valence-electron chi connectivity index (χ2n) is 7.68. The van der Waals surface area contributed by atoms with Crippen LogP contribution in [-0.2, 0) is 14.3 Å². The van der Waals surface area contributed by atoms with Gasteiger partial charge in [-0.2, -0.15) is 0 Å². The molecule has 1 fully saturated rings. The molecule has 0 bridgehead atoms. The first-order valence-electron chi connectivity index (χ1n) is 9.65. The number of aryl methyl sites for hydroxylation is 1. The third-order valence-electron chi connectivity index (χ3n) is 5.08. The summed E-state index contributed by atoms with van der Waals surface area (Å²) in [5, 5.41) is 3.63. The highest BCUT2D eigenvalue weighted by Gasteiger charge is 2.23. The summed E-state index contributed by atoms with van der Waals surface area (Å²) < 4.78 is 10.7. The number of amides is 1. The van der Waals surface area contributed by atoms with E-state index in [0.717, 1.165) is 30.4 Å². The Labute approximate surface area is 166 Å². The molecule has 0 spiro atoms. The zero-order chi connectivity index (χ0) is 20.0. The smallest absolute Gasteiger partial charge is 0.344 e. The zero-order valence-electron chi connectivity index (χ0n) is 16.6. The van der Waals surface area contributed by atoms with Gasteiger partial charge in [-0.3, -0.25) is 4.79 Å². The average molecular weight is 396 g/mol.